The van der Waals surface area contributed by atoms with Gasteiger partial charge in [-0.2, -0.15) is 11.3 Å². The van der Waals surface area contributed by atoms with Crippen LogP contribution in [0.25, 0.3) is 0 Å². The molecule has 0 saturated carbocycles. The second kappa shape index (κ2) is 3.23. The van der Waals surface area contributed by atoms with E-state index in [0.717, 1.165) is 30.4 Å². The number of hydrogen-bond acceptors (Lipinski definition) is 2. The van der Waals surface area contributed by atoms with Crippen molar-refractivity contribution in [3.05, 3.63) is 34.0 Å². The molecule has 1 aromatic rings. The minimum absolute atomic E-state index is 0.230. The Bertz CT molecular complexity index is 309. The molecule has 0 N–H and O–H groups in total. The van der Waals surface area contributed by atoms with Crippen LogP contribution in [0.1, 0.15) is 29.6 Å². The first-order chi connectivity index (χ1) is 5.88. The molecule has 0 unspecified atom stereocenters. The Kier molecular flexibility index (Phi) is 2.09. The summed E-state index contributed by atoms with van der Waals surface area (Å²) in [6.07, 6.45) is 5.26. The highest BCUT2D eigenvalue weighted by Crippen LogP contribution is 2.22. The van der Waals surface area contributed by atoms with Crippen LogP contribution in [0.4, 0.5) is 0 Å². The first-order valence-corrected chi connectivity index (χ1v) is 5.08. The van der Waals surface area contributed by atoms with Crippen molar-refractivity contribution < 1.29 is 4.79 Å². The van der Waals surface area contributed by atoms with Gasteiger partial charge in [0.05, 0.1) is 0 Å². The van der Waals surface area contributed by atoms with Crippen molar-refractivity contribution in [3.63, 3.8) is 0 Å². The van der Waals surface area contributed by atoms with Crippen molar-refractivity contribution in [2.75, 3.05) is 0 Å². The van der Waals surface area contributed by atoms with E-state index in [4.69, 9.17) is 0 Å². The number of Topliss-reactive ketones (excluding diaryl/α,β-unsaturated/α-hetero) is 1. The minimum atomic E-state index is 0.230. The number of carbonyl (C=O) groups excluding carboxylic acids is 1. The fourth-order valence-corrected chi connectivity index (χ4v) is 2.09. The van der Waals surface area contributed by atoms with Crippen molar-refractivity contribution in [1.82, 2.24) is 0 Å². The van der Waals surface area contributed by atoms with Crippen LogP contribution in [-0.2, 0) is 0 Å². The maximum Gasteiger partial charge on any atom is 0.189 e. The Balaban J connectivity index is 2.20. The van der Waals surface area contributed by atoms with Crippen LogP contribution in [0.3, 0.4) is 0 Å². The van der Waals surface area contributed by atoms with Crippen LogP contribution in [0.2, 0.25) is 0 Å². The van der Waals surface area contributed by atoms with E-state index in [9.17, 15) is 4.79 Å². The lowest BCUT2D eigenvalue weighted by atomic mass is 10.1. The average Bonchev–Trinajstić information content (AvgIpc) is 2.77. The molecule has 2 heteroatoms. The quantitative estimate of drug-likeness (QED) is 0.636. The second-order valence-electron chi connectivity index (χ2n) is 2.96. The van der Waals surface area contributed by atoms with Crippen LogP contribution in [0.5, 0.6) is 0 Å². The van der Waals surface area contributed by atoms with Gasteiger partial charge in [0.2, 0.25) is 0 Å². The zero-order valence-electron chi connectivity index (χ0n) is 6.75. The predicted octanol–water partition coefficient (Wildman–Crippen LogP) is 3.04. The van der Waals surface area contributed by atoms with Crippen LogP contribution < -0.4 is 0 Å². The first-order valence-electron chi connectivity index (χ1n) is 4.14. The Hall–Kier alpha value is -0.890. The number of ketones is 1. The molecule has 1 aliphatic carbocycles. The predicted molar refractivity (Wildman–Crippen MR) is 50.6 cm³/mol. The third-order valence-corrected chi connectivity index (χ3v) is 2.80. The molecule has 1 aromatic heterocycles. The highest BCUT2D eigenvalue weighted by atomic mass is 32.1. The molecular formula is C10H10OS. The zero-order chi connectivity index (χ0) is 8.39. The maximum atomic E-state index is 11.6. The van der Waals surface area contributed by atoms with E-state index in [1.165, 1.54) is 0 Å². The molecule has 2 rings (SSSR count). The zero-order valence-corrected chi connectivity index (χ0v) is 7.56. The standard InChI is InChI=1S/C10H10OS/c11-10(8-3-1-2-4-8)9-5-6-12-7-9/h3,5-7H,1-2,4H2. The van der Waals surface area contributed by atoms with Gasteiger partial charge in [-0.25, -0.2) is 0 Å². The molecule has 0 fully saturated rings. The Morgan fingerprint density at radius 3 is 3.00 bits per heavy atom. The lowest BCUT2D eigenvalue weighted by molar-refractivity contribution is 0.103. The fourth-order valence-electron chi connectivity index (χ4n) is 1.46. The highest BCUT2D eigenvalue weighted by molar-refractivity contribution is 7.08. The summed E-state index contributed by atoms with van der Waals surface area (Å²) >= 11 is 1.58. The van der Waals surface area contributed by atoms with Gasteiger partial charge in [0.1, 0.15) is 0 Å². The number of hydrogen-bond donors (Lipinski definition) is 0. The second-order valence-corrected chi connectivity index (χ2v) is 3.74. The average molecular weight is 178 g/mol. The third-order valence-electron chi connectivity index (χ3n) is 2.12. The molecule has 1 aliphatic rings. The molecule has 0 aliphatic heterocycles. The molecule has 12 heavy (non-hydrogen) atoms. The normalized spacial score (nSPS) is 16.2. The first kappa shape index (κ1) is 7.74. The summed E-state index contributed by atoms with van der Waals surface area (Å²) in [5.74, 6) is 0.230. The molecular weight excluding hydrogens is 168 g/mol. The topological polar surface area (TPSA) is 17.1 Å². The number of allylic oxidation sites excluding steroid dienone is 2. The van der Waals surface area contributed by atoms with Gasteiger partial charge in [-0.1, -0.05) is 6.08 Å². The molecule has 0 radical (unpaired) electrons. The van der Waals surface area contributed by atoms with Crippen LogP contribution >= 0.6 is 11.3 Å². The van der Waals surface area contributed by atoms with Crippen LogP contribution in [-0.4, -0.2) is 5.78 Å². The van der Waals surface area contributed by atoms with Gasteiger partial charge in [-0.05, 0) is 36.3 Å². The molecule has 0 bridgehead atoms. The van der Waals surface area contributed by atoms with Gasteiger partial charge < -0.3 is 0 Å². The molecule has 1 nitrogen and oxygen atoms in total. The summed E-state index contributed by atoms with van der Waals surface area (Å²) in [5, 5.41) is 3.87. The Morgan fingerprint density at radius 1 is 1.50 bits per heavy atom. The highest BCUT2D eigenvalue weighted by Gasteiger charge is 2.14. The van der Waals surface area contributed by atoms with E-state index in [1.807, 2.05) is 16.8 Å². The van der Waals surface area contributed by atoms with Gasteiger partial charge in [0, 0.05) is 10.9 Å². The summed E-state index contributed by atoms with van der Waals surface area (Å²) in [6, 6.07) is 1.90. The largest absolute Gasteiger partial charge is 0.289 e. The SMILES string of the molecule is O=C(C1=CCCC1)c1ccsc1. The number of rotatable bonds is 2. The van der Waals surface area contributed by atoms with Crippen LogP contribution in [0, 0.1) is 0 Å². The van der Waals surface area contributed by atoms with Gasteiger partial charge in [-0.3, -0.25) is 4.79 Å². The van der Waals surface area contributed by atoms with Crippen molar-refractivity contribution in [2.45, 2.75) is 19.3 Å². The van der Waals surface area contributed by atoms with Gasteiger partial charge in [0.15, 0.2) is 5.78 Å². The maximum absolute atomic E-state index is 11.6. The smallest absolute Gasteiger partial charge is 0.189 e. The molecule has 0 aromatic carbocycles. The fraction of sp³-hybridized carbons (Fsp3) is 0.300. The summed E-state index contributed by atoms with van der Waals surface area (Å²) in [6.45, 7) is 0. The van der Waals surface area contributed by atoms with Crippen molar-refractivity contribution in [2.24, 2.45) is 0 Å². The number of thiophene rings is 1. The van der Waals surface area contributed by atoms with E-state index in [2.05, 4.69) is 6.08 Å². The van der Waals surface area contributed by atoms with Crippen molar-refractivity contribution >= 4 is 17.1 Å². The molecule has 62 valence electrons. The lowest BCUT2D eigenvalue weighted by Gasteiger charge is -1.96. The summed E-state index contributed by atoms with van der Waals surface area (Å²) in [4.78, 5) is 11.6. The summed E-state index contributed by atoms with van der Waals surface area (Å²) < 4.78 is 0. The van der Waals surface area contributed by atoms with Gasteiger partial charge in [-0.15, -0.1) is 0 Å². The van der Waals surface area contributed by atoms with Crippen LogP contribution in [0.15, 0.2) is 28.5 Å². The van der Waals surface area contributed by atoms with Gasteiger partial charge in [0.25, 0.3) is 0 Å². The van der Waals surface area contributed by atoms with Crippen molar-refractivity contribution in [1.29, 1.82) is 0 Å². The van der Waals surface area contributed by atoms with E-state index < -0.39 is 0 Å². The molecule has 0 spiro atoms. The molecule has 1 heterocycles. The van der Waals surface area contributed by atoms with E-state index in [-0.39, 0.29) is 5.78 Å². The summed E-state index contributed by atoms with van der Waals surface area (Å²) in [5.41, 5.74) is 1.86. The van der Waals surface area contributed by atoms with E-state index in [1.54, 1.807) is 11.3 Å². The van der Waals surface area contributed by atoms with Gasteiger partial charge >= 0.3 is 0 Å². The molecule has 0 saturated heterocycles. The van der Waals surface area contributed by atoms with E-state index in [0.29, 0.717) is 0 Å². The monoisotopic (exact) mass is 178 g/mol. The van der Waals surface area contributed by atoms with E-state index >= 15 is 0 Å². The summed E-state index contributed by atoms with van der Waals surface area (Å²) in [7, 11) is 0. The lowest BCUT2D eigenvalue weighted by Crippen LogP contribution is -1.98. The third kappa shape index (κ3) is 1.34. The van der Waals surface area contributed by atoms with Crippen molar-refractivity contribution in [3.8, 4) is 0 Å². The Morgan fingerprint density at radius 2 is 2.42 bits per heavy atom. The molecule has 0 atom stereocenters. The molecule has 0 amide bonds. The Labute approximate surface area is 75.7 Å². The minimum Gasteiger partial charge on any atom is -0.289 e. The number of carbonyl (C=O) groups is 1.